The summed E-state index contributed by atoms with van der Waals surface area (Å²) >= 11 is 0. The number of rotatable bonds is 11. The maximum Gasteiger partial charge on any atom is 0.0777 e. The third-order valence-electron chi connectivity index (χ3n) is 5.11. The number of methoxy groups -OCH3 is 1. The quantitative estimate of drug-likeness (QED) is 0.587. The van der Waals surface area contributed by atoms with Crippen molar-refractivity contribution in [3.63, 3.8) is 0 Å². The molecule has 2 N–H and O–H groups in total. The molecular formula is C18H38N2O. The van der Waals surface area contributed by atoms with E-state index in [1.165, 1.54) is 70.8 Å². The molecule has 0 radical (unpaired) electrons. The summed E-state index contributed by atoms with van der Waals surface area (Å²) in [6, 6.07) is 0.551. The summed E-state index contributed by atoms with van der Waals surface area (Å²) in [6.45, 7) is 7.54. The Bertz CT molecular complexity index is 260. The Kier molecular flexibility index (Phi) is 9.54. The van der Waals surface area contributed by atoms with Crippen LogP contribution in [0.15, 0.2) is 0 Å². The Morgan fingerprint density at radius 2 is 1.81 bits per heavy atom. The molecule has 3 nitrogen and oxygen atoms in total. The monoisotopic (exact) mass is 298 g/mol. The van der Waals surface area contributed by atoms with Gasteiger partial charge in [-0.25, -0.2) is 0 Å². The molecule has 126 valence electrons. The Labute approximate surface area is 132 Å². The van der Waals surface area contributed by atoms with Crippen LogP contribution in [-0.2, 0) is 4.74 Å². The second kappa shape index (κ2) is 10.6. The summed E-state index contributed by atoms with van der Waals surface area (Å²) < 4.78 is 5.70. The fraction of sp³-hybridized carbons (Fsp3) is 1.00. The first-order valence-electron chi connectivity index (χ1n) is 9.14. The fourth-order valence-electron chi connectivity index (χ4n) is 3.51. The fourth-order valence-corrected chi connectivity index (χ4v) is 3.51. The summed E-state index contributed by atoms with van der Waals surface area (Å²) in [4.78, 5) is 2.57. The normalized spacial score (nSPS) is 25.1. The predicted octanol–water partition coefficient (Wildman–Crippen LogP) is 3.96. The highest BCUT2D eigenvalue weighted by atomic mass is 16.5. The number of unbranched alkanes of at least 4 members (excludes halogenated alkanes) is 6. The first-order valence-corrected chi connectivity index (χ1v) is 9.14. The Hall–Kier alpha value is -0.120. The molecule has 0 aromatic rings. The highest BCUT2D eigenvalue weighted by Gasteiger charge is 2.33. The van der Waals surface area contributed by atoms with Crippen LogP contribution in [0.5, 0.6) is 0 Å². The van der Waals surface area contributed by atoms with Crippen molar-refractivity contribution in [2.24, 2.45) is 5.73 Å². The maximum absolute atomic E-state index is 6.03. The first-order chi connectivity index (χ1) is 10.1. The molecule has 0 aliphatic carbocycles. The van der Waals surface area contributed by atoms with Gasteiger partial charge in [0.25, 0.3) is 0 Å². The zero-order chi connectivity index (χ0) is 15.6. The minimum absolute atomic E-state index is 0.0336. The van der Waals surface area contributed by atoms with E-state index in [-0.39, 0.29) is 5.60 Å². The van der Waals surface area contributed by atoms with Gasteiger partial charge in [0.05, 0.1) is 5.60 Å². The van der Waals surface area contributed by atoms with Gasteiger partial charge in [0.15, 0.2) is 0 Å². The number of hydrogen-bond acceptors (Lipinski definition) is 3. The smallest absolute Gasteiger partial charge is 0.0777 e. The number of likely N-dealkylation sites (tertiary alicyclic amines) is 1. The van der Waals surface area contributed by atoms with Crippen molar-refractivity contribution in [3.05, 3.63) is 0 Å². The van der Waals surface area contributed by atoms with Gasteiger partial charge in [0.1, 0.15) is 0 Å². The molecule has 1 aliphatic rings. The number of hydrogen-bond donors (Lipinski definition) is 1. The van der Waals surface area contributed by atoms with Crippen LogP contribution in [0.1, 0.15) is 78.1 Å². The summed E-state index contributed by atoms with van der Waals surface area (Å²) in [7, 11) is 1.84. The van der Waals surface area contributed by atoms with Gasteiger partial charge in [-0.1, -0.05) is 51.9 Å². The number of piperidine rings is 1. The molecule has 1 heterocycles. The topological polar surface area (TPSA) is 38.5 Å². The third kappa shape index (κ3) is 7.12. The van der Waals surface area contributed by atoms with Crippen molar-refractivity contribution in [1.82, 2.24) is 4.90 Å². The predicted molar refractivity (Wildman–Crippen MR) is 91.7 cm³/mol. The molecule has 0 aromatic heterocycles. The van der Waals surface area contributed by atoms with Gasteiger partial charge in [0, 0.05) is 26.2 Å². The summed E-state index contributed by atoms with van der Waals surface area (Å²) in [6.07, 6.45) is 13.3. The number of nitrogens with zero attached hydrogens (tertiary/aromatic N) is 1. The largest absolute Gasteiger partial charge is 0.377 e. The molecule has 1 rings (SSSR count). The van der Waals surface area contributed by atoms with Gasteiger partial charge in [-0.2, -0.15) is 0 Å². The van der Waals surface area contributed by atoms with Crippen molar-refractivity contribution in [2.45, 2.75) is 89.7 Å². The summed E-state index contributed by atoms with van der Waals surface area (Å²) in [5.74, 6) is 0. The minimum atomic E-state index is 0.0336. The molecule has 0 amide bonds. The number of nitrogens with two attached hydrogens (primary N) is 1. The van der Waals surface area contributed by atoms with Crippen LogP contribution in [0.4, 0.5) is 0 Å². The van der Waals surface area contributed by atoms with Crippen LogP contribution in [0.3, 0.4) is 0 Å². The molecule has 0 bridgehead atoms. The van der Waals surface area contributed by atoms with Crippen LogP contribution in [0.2, 0.25) is 0 Å². The standard InChI is InChI=1S/C18H38N2O/c1-4-5-6-7-8-9-10-12-17(15-19)20-14-11-13-18(2,16-20)21-3/h17H,4-16,19H2,1-3H3. The molecule has 2 atom stereocenters. The summed E-state index contributed by atoms with van der Waals surface area (Å²) in [5.41, 5.74) is 6.07. The van der Waals surface area contributed by atoms with Crippen molar-refractivity contribution in [2.75, 3.05) is 26.7 Å². The van der Waals surface area contributed by atoms with E-state index in [2.05, 4.69) is 18.7 Å². The third-order valence-corrected chi connectivity index (χ3v) is 5.11. The summed E-state index contributed by atoms with van der Waals surface area (Å²) in [5, 5.41) is 0. The highest BCUT2D eigenvalue weighted by molar-refractivity contribution is 4.88. The lowest BCUT2D eigenvalue weighted by Crippen LogP contribution is -2.53. The lowest BCUT2D eigenvalue weighted by Gasteiger charge is -2.43. The lowest BCUT2D eigenvalue weighted by molar-refractivity contribution is -0.0612. The highest BCUT2D eigenvalue weighted by Crippen LogP contribution is 2.26. The van der Waals surface area contributed by atoms with E-state index in [4.69, 9.17) is 10.5 Å². The molecule has 0 spiro atoms. The zero-order valence-corrected chi connectivity index (χ0v) is 14.7. The van der Waals surface area contributed by atoms with Crippen molar-refractivity contribution in [3.8, 4) is 0 Å². The van der Waals surface area contributed by atoms with E-state index in [0.717, 1.165) is 13.1 Å². The van der Waals surface area contributed by atoms with Crippen molar-refractivity contribution < 1.29 is 4.74 Å². The van der Waals surface area contributed by atoms with E-state index < -0.39 is 0 Å². The second-order valence-electron chi connectivity index (χ2n) is 7.03. The van der Waals surface area contributed by atoms with Gasteiger partial charge < -0.3 is 10.5 Å². The Morgan fingerprint density at radius 3 is 2.43 bits per heavy atom. The Morgan fingerprint density at radius 1 is 1.14 bits per heavy atom. The average molecular weight is 299 g/mol. The van der Waals surface area contributed by atoms with Crippen molar-refractivity contribution >= 4 is 0 Å². The molecule has 0 aromatic carbocycles. The molecule has 0 saturated carbocycles. The van der Waals surface area contributed by atoms with Crippen LogP contribution in [0, 0.1) is 0 Å². The molecule has 2 unspecified atom stereocenters. The molecule has 3 heteroatoms. The molecule has 1 aliphatic heterocycles. The number of ether oxygens (including phenoxy) is 1. The van der Waals surface area contributed by atoms with Gasteiger partial charge in [-0.3, -0.25) is 4.90 Å². The van der Waals surface area contributed by atoms with E-state index >= 15 is 0 Å². The minimum Gasteiger partial charge on any atom is -0.377 e. The van der Waals surface area contributed by atoms with E-state index in [9.17, 15) is 0 Å². The molecule has 21 heavy (non-hydrogen) atoms. The van der Waals surface area contributed by atoms with Gasteiger partial charge >= 0.3 is 0 Å². The van der Waals surface area contributed by atoms with Crippen LogP contribution >= 0.6 is 0 Å². The Balaban J connectivity index is 2.21. The van der Waals surface area contributed by atoms with Gasteiger partial charge in [0.2, 0.25) is 0 Å². The average Bonchev–Trinajstić information content (AvgIpc) is 2.50. The van der Waals surface area contributed by atoms with Gasteiger partial charge in [-0.05, 0) is 32.7 Å². The van der Waals surface area contributed by atoms with E-state index in [1.807, 2.05) is 7.11 Å². The van der Waals surface area contributed by atoms with Crippen LogP contribution in [0.25, 0.3) is 0 Å². The molecule has 1 saturated heterocycles. The SMILES string of the molecule is CCCCCCCCCC(CN)N1CCCC(C)(OC)C1. The lowest BCUT2D eigenvalue weighted by atomic mass is 9.92. The second-order valence-corrected chi connectivity index (χ2v) is 7.03. The zero-order valence-electron chi connectivity index (χ0n) is 14.7. The first kappa shape index (κ1) is 18.9. The van der Waals surface area contributed by atoms with Gasteiger partial charge in [-0.15, -0.1) is 0 Å². The van der Waals surface area contributed by atoms with Crippen LogP contribution < -0.4 is 5.73 Å². The van der Waals surface area contributed by atoms with E-state index in [0.29, 0.717) is 6.04 Å². The molecular weight excluding hydrogens is 260 g/mol. The van der Waals surface area contributed by atoms with E-state index in [1.54, 1.807) is 0 Å². The molecule has 1 fully saturated rings. The maximum atomic E-state index is 6.03. The van der Waals surface area contributed by atoms with Crippen molar-refractivity contribution in [1.29, 1.82) is 0 Å². The van der Waals surface area contributed by atoms with Crippen LogP contribution in [-0.4, -0.2) is 43.3 Å².